The van der Waals surface area contributed by atoms with Crippen molar-refractivity contribution in [2.45, 2.75) is 25.3 Å². The second kappa shape index (κ2) is 5.19. The van der Waals surface area contributed by atoms with Crippen LogP contribution in [0.2, 0.25) is 0 Å². The number of imide groups is 1. The highest BCUT2D eigenvalue weighted by atomic mass is 16.2. The summed E-state index contributed by atoms with van der Waals surface area (Å²) in [5.74, 6) is -0.766. The first kappa shape index (κ1) is 13.9. The molecule has 23 heavy (non-hydrogen) atoms. The van der Waals surface area contributed by atoms with Crippen LogP contribution < -0.4 is 5.32 Å². The number of benzene rings is 1. The average Bonchev–Trinajstić information content (AvgIpc) is 2.71. The maximum atomic E-state index is 12.6. The molecular weight excluding hydrogens is 292 g/mol. The molecule has 3 aliphatic rings. The minimum absolute atomic E-state index is 0.254. The lowest BCUT2D eigenvalue weighted by Gasteiger charge is -2.23. The fraction of sp³-hybridized carbons (Fsp3) is 0.278. The third-order valence-corrected chi connectivity index (χ3v) is 4.77. The van der Waals surface area contributed by atoms with Crippen molar-refractivity contribution in [3.63, 3.8) is 0 Å². The Balaban J connectivity index is 1.65. The van der Waals surface area contributed by atoms with Crippen molar-refractivity contribution in [3.8, 4) is 0 Å². The zero-order chi connectivity index (χ0) is 16.0. The maximum Gasteiger partial charge on any atom is 0.262 e. The van der Waals surface area contributed by atoms with Gasteiger partial charge in [-0.2, -0.15) is 0 Å². The SMILES string of the molecule is O=C1NC2=CC=CCC2CCC1N1C(=O)c2ccccc2C1=O. The minimum Gasteiger partial charge on any atom is -0.328 e. The summed E-state index contributed by atoms with van der Waals surface area (Å²) in [6.07, 6.45) is 8.04. The maximum absolute atomic E-state index is 12.6. The number of fused-ring (bicyclic) bond motifs is 2. The Morgan fingerprint density at radius 3 is 2.39 bits per heavy atom. The number of carbonyl (C=O) groups excluding carboxylic acids is 3. The molecule has 0 bridgehead atoms. The van der Waals surface area contributed by atoms with E-state index in [1.165, 1.54) is 0 Å². The van der Waals surface area contributed by atoms with Crippen molar-refractivity contribution < 1.29 is 14.4 Å². The Labute approximate surface area is 133 Å². The van der Waals surface area contributed by atoms with Crippen LogP contribution >= 0.6 is 0 Å². The number of hydrogen-bond acceptors (Lipinski definition) is 3. The summed E-state index contributed by atoms with van der Waals surface area (Å²) in [7, 11) is 0. The lowest BCUT2D eigenvalue weighted by Crippen LogP contribution is -2.48. The Hall–Kier alpha value is -2.69. The molecule has 5 heteroatoms. The Kier molecular flexibility index (Phi) is 3.15. The quantitative estimate of drug-likeness (QED) is 0.807. The molecule has 0 spiro atoms. The number of amides is 3. The molecule has 0 aromatic heterocycles. The fourth-order valence-corrected chi connectivity index (χ4v) is 3.55. The molecule has 2 unspecified atom stereocenters. The summed E-state index contributed by atoms with van der Waals surface area (Å²) < 4.78 is 0. The third-order valence-electron chi connectivity index (χ3n) is 4.77. The van der Waals surface area contributed by atoms with Gasteiger partial charge in [0.1, 0.15) is 6.04 Å². The molecule has 1 aromatic carbocycles. The van der Waals surface area contributed by atoms with Crippen LogP contribution in [-0.4, -0.2) is 28.7 Å². The van der Waals surface area contributed by atoms with Crippen LogP contribution in [0.1, 0.15) is 40.0 Å². The van der Waals surface area contributed by atoms with Gasteiger partial charge in [-0.25, -0.2) is 0 Å². The predicted octanol–water partition coefficient (Wildman–Crippen LogP) is 2.02. The van der Waals surface area contributed by atoms with Crippen molar-refractivity contribution in [2.24, 2.45) is 5.92 Å². The van der Waals surface area contributed by atoms with Gasteiger partial charge >= 0.3 is 0 Å². The summed E-state index contributed by atoms with van der Waals surface area (Å²) >= 11 is 0. The molecule has 4 rings (SSSR count). The number of carbonyl (C=O) groups is 3. The van der Waals surface area contributed by atoms with E-state index >= 15 is 0 Å². The molecule has 1 saturated heterocycles. The second-order valence-electron chi connectivity index (χ2n) is 6.09. The van der Waals surface area contributed by atoms with Gasteiger partial charge in [0.15, 0.2) is 0 Å². The molecule has 3 amide bonds. The summed E-state index contributed by atoms with van der Waals surface area (Å²) in [6.45, 7) is 0. The van der Waals surface area contributed by atoms with Crippen LogP contribution in [-0.2, 0) is 4.79 Å². The molecule has 2 heterocycles. The smallest absolute Gasteiger partial charge is 0.262 e. The van der Waals surface area contributed by atoms with Gasteiger partial charge in [-0.3, -0.25) is 19.3 Å². The van der Waals surface area contributed by atoms with Crippen molar-refractivity contribution >= 4 is 17.7 Å². The van der Waals surface area contributed by atoms with Gasteiger partial charge < -0.3 is 5.32 Å². The molecule has 1 aromatic rings. The first-order valence-corrected chi connectivity index (χ1v) is 7.81. The zero-order valence-corrected chi connectivity index (χ0v) is 12.5. The summed E-state index contributed by atoms with van der Waals surface area (Å²) in [5, 5.41) is 2.90. The molecule has 116 valence electrons. The average molecular weight is 308 g/mol. The first-order valence-electron chi connectivity index (χ1n) is 7.81. The largest absolute Gasteiger partial charge is 0.328 e. The van der Waals surface area contributed by atoms with Gasteiger partial charge in [0.05, 0.1) is 11.1 Å². The van der Waals surface area contributed by atoms with Crippen LogP contribution in [0, 0.1) is 5.92 Å². The fourth-order valence-electron chi connectivity index (χ4n) is 3.55. The Morgan fingerprint density at radius 2 is 1.70 bits per heavy atom. The van der Waals surface area contributed by atoms with Gasteiger partial charge in [-0.05, 0) is 37.5 Å². The second-order valence-corrected chi connectivity index (χ2v) is 6.09. The van der Waals surface area contributed by atoms with E-state index in [9.17, 15) is 14.4 Å². The van der Waals surface area contributed by atoms with Crippen LogP contribution in [0.4, 0.5) is 0 Å². The number of rotatable bonds is 1. The Morgan fingerprint density at radius 1 is 1.00 bits per heavy atom. The van der Waals surface area contributed by atoms with Crippen LogP contribution in [0.5, 0.6) is 0 Å². The van der Waals surface area contributed by atoms with E-state index in [0.717, 1.165) is 23.4 Å². The topological polar surface area (TPSA) is 66.5 Å². The third kappa shape index (κ3) is 2.11. The lowest BCUT2D eigenvalue weighted by molar-refractivity contribution is -0.124. The normalized spacial score (nSPS) is 26.3. The van der Waals surface area contributed by atoms with Crippen LogP contribution in [0.15, 0.2) is 48.2 Å². The van der Waals surface area contributed by atoms with Crippen molar-refractivity contribution in [2.75, 3.05) is 0 Å². The van der Waals surface area contributed by atoms with Crippen LogP contribution in [0.25, 0.3) is 0 Å². The lowest BCUT2D eigenvalue weighted by atomic mass is 9.92. The van der Waals surface area contributed by atoms with E-state index in [-0.39, 0.29) is 23.6 Å². The highest BCUT2D eigenvalue weighted by Gasteiger charge is 2.44. The van der Waals surface area contributed by atoms with E-state index in [0.29, 0.717) is 17.5 Å². The van der Waals surface area contributed by atoms with Gasteiger partial charge in [0.25, 0.3) is 11.8 Å². The number of hydrogen-bond donors (Lipinski definition) is 1. The van der Waals surface area contributed by atoms with E-state index in [2.05, 4.69) is 11.4 Å². The number of nitrogens with zero attached hydrogens (tertiary/aromatic N) is 1. The summed E-state index contributed by atoms with van der Waals surface area (Å²) in [4.78, 5) is 38.9. The van der Waals surface area contributed by atoms with Gasteiger partial charge in [-0.15, -0.1) is 0 Å². The molecule has 1 aliphatic carbocycles. The van der Waals surface area contributed by atoms with Gasteiger partial charge in [0, 0.05) is 11.6 Å². The summed E-state index contributed by atoms with van der Waals surface area (Å²) in [6, 6.07) is 5.98. The molecule has 2 atom stereocenters. The first-order chi connectivity index (χ1) is 11.2. The summed E-state index contributed by atoms with van der Waals surface area (Å²) in [5.41, 5.74) is 1.65. The van der Waals surface area contributed by atoms with Crippen molar-refractivity contribution in [1.29, 1.82) is 0 Å². The van der Waals surface area contributed by atoms with E-state index < -0.39 is 6.04 Å². The van der Waals surface area contributed by atoms with Crippen molar-refractivity contribution in [3.05, 3.63) is 59.3 Å². The minimum atomic E-state index is -0.742. The van der Waals surface area contributed by atoms with Gasteiger partial charge in [0.2, 0.25) is 5.91 Å². The van der Waals surface area contributed by atoms with Gasteiger partial charge in [-0.1, -0.05) is 24.3 Å². The molecular formula is C18H16N2O3. The molecule has 0 radical (unpaired) electrons. The molecule has 0 saturated carbocycles. The van der Waals surface area contributed by atoms with E-state index in [1.54, 1.807) is 24.3 Å². The number of allylic oxidation sites excluding steroid dienone is 4. The molecule has 5 nitrogen and oxygen atoms in total. The van der Waals surface area contributed by atoms with E-state index in [1.807, 2.05) is 12.2 Å². The highest BCUT2D eigenvalue weighted by Crippen LogP contribution is 2.32. The molecule has 1 fully saturated rings. The zero-order valence-electron chi connectivity index (χ0n) is 12.5. The highest BCUT2D eigenvalue weighted by molar-refractivity contribution is 6.22. The number of nitrogens with one attached hydrogen (secondary N) is 1. The van der Waals surface area contributed by atoms with Crippen molar-refractivity contribution in [1.82, 2.24) is 10.2 Å². The Bertz CT molecular complexity index is 743. The molecule has 2 aliphatic heterocycles. The monoisotopic (exact) mass is 308 g/mol. The van der Waals surface area contributed by atoms with Crippen LogP contribution in [0.3, 0.4) is 0 Å². The standard InChI is InChI=1S/C18H16N2O3/c21-16-15(10-9-11-5-1-4-8-14(11)19-16)20-17(22)12-6-2-3-7-13(12)18(20)23/h1-4,6-8,11,15H,5,9-10H2,(H,19,21). The predicted molar refractivity (Wildman–Crippen MR) is 83.4 cm³/mol. The van der Waals surface area contributed by atoms with E-state index in [4.69, 9.17) is 0 Å². The molecule has 1 N–H and O–H groups in total.